The first kappa shape index (κ1) is 18.3. The van der Waals surface area contributed by atoms with Gasteiger partial charge >= 0.3 is 0 Å². The average Bonchev–Trinajstić information content (AvgIpc) is 3.07. The molecule has 0 atom stereocenters. The van der Waals surface area contributed by atoms with E-state index < -0.39 is 0 Å². The second-order valence-electron chi connectivity index (χ2n) is 6.91. The maximum Gasteiger partial charge on any atom is 0.257 e. The smallest absolute Gasteiger partial charge is 0.257 e. The highest BCUT2D eigenvalue weighted by atomic mass is 32.1. The monoisotopic (exact) mass is 365 g/mol. The number of carbonyl (C=O) groups is 1. The Kier molecular flexibility index (Phi) is 5.47. The van der Waals surface area contributed by atoms with Crippen LogP contribution in [0.3, 0.4) is 0 Å². The van der Waals surface area contributed by atoms with Crippen molar-refractivity contribution in [1.82, 2.24) is 9.97 Å². The maximum absolute atomic E-state index is 12.2. The number of aryl methyl sites for hydroxylation is 2. The minimum absolute atomic E-state index is 0.173. The number of anilines is 1. The molecule has 2 heterocycles. The van der Waals surface area contributed by atoms with Crippen LogP contribution >= 0.6 is 11.3 Å². The summed E-state index contributed by atoms with van der Waals surface area (Å²) in [6.45, 7) is 8.80. The molecular formula is C21H23N3OS. The Hall–Kier alpha value is -2.53. The number of rotatable bonds is 5. The van der Waals surface area contributed by atoms with E-state index >= 15 is 0 Å². The van der Waals surface area contributed by atoms with Gasteiger partial charge < -0.3 is 0 Å². The molecule has 0 radical (unpaired) electrons. The van der Waals surface area contributed by atoms with E-state index in [4.69, 9.17) is 0 Å². The largest absolute Gasteiger partial charge is 0.298 e. The zero-order chi connectivity index (χ0) is 18.7. The molecule has 3 rings (SSSR count). The molecule has 1 amide bonds. The van der Waals surface area contributed by atoms with Crippen LogP contribution in [0.4, 0.5) is 5.13 Å². The highest BCUT2D eigenvalue weighted by molar-refractivity contribution is 7.14. The number of nitrogens with zero attached hydrogens (tertiary/aromatic N) is 2. The van der Waals surface area contributed by atoms with Crippen molar-refractivity contribution in [3.05, 3.63) is 64.3 Å². The number of hydrogen-bond acceptors (Lipinski definition) is 4. The zero-order valence-corrected chi connectivity index (χ0v) is 16.4. The van der Waals surface area contributed by atoms with E-state index in [1.807, 2.05) is 5.38 Å². The molecule has 0 saturated carbocycles. The van der Waals surface area contributed by atoms with E-state index in [2.05, 4.69) is 55.1 Å². The van der Waals surface area contributed by atoms with Gasteiger partial charge in [-0.05, 0) is 67.1 Å². The summed E-state index contributed by atoms with van der Waals surface area (Å²) in [5.41, 5.74) is 6.57. The number of thiazole rings is 1. The van der Waals surface area contributed by atoms with Crippen molar-refractivity contribution in [2.75, 3.05) is 5.32 Å². The summed E-state index contributed by atoms with van der Waals surface area (Å²) in [4.78, 5) is 20.8. The van der Waals surface area contributed by atoms with E-state index in [1.54, 1.807) is 24.5 Å². The summed E-state index contributed by atoms with van der Waals surface area (Å²) in [5, 5.41) is 5.44. The molecular weight excluding hydrogens is 342 g/mol. The van der Waals surface area contributed by atoms with E-state index in [0.717, 1.165) is 17.7 Å². The standard InChI is InChI=1S/C21H23N3OS/c1-13(2)9-18-14(3)10-17(11-15(18)4)19-12-26-21(23-19)24-20(25)16-5-7-22-8-6-16/h5-8,10-13H,9H2,1-4H3,(H,23,24,25). The van der Waals surface area contributed by atoms with Crippen molar-refractivity contribution in [3.8, 4) is 11.3 Å². The molecule has 3 aromatic rings. The van der Waals surface area contributed by atoms with Gasteiger partial charge in [-0.2, -0.15) is 0 Å². The lowest BCUT2D eigenvalue weighted by Gasteiger charge is -2.14. The van der Waals surface area contributed by atoms with Crippen LogP contribution in [0, 0.1) is 19.8 Å². The number of nitrogens with one attached hydrogen (secondary N) is 1. The molecule has 2 aromatic heterocycles. The molecule has 134 valence electrons. The summed E-state index contributed by atoms with van der Waals surface area (Å²) < 4.78 is 0. The van der Waals surface area contributed by atoms with Gasteiger partial charge in [-0.1, -0.05) is 13.8 Å². The van der Waals surface area contributed by atoms with Crippen LogP contribution in [-0.2, 0) is 6.42 Å². The molecule has 5 heteroatoms. The normalized spacial score (nSPS) is 11.0. The Morgan fingerprint density at radius 1 is 1.15 bits per heavy atom. The van der Waals surface area contributed by atoms with Gasteiger partial charge in [0.2, 0.25) is 0 Å². The van der Waals surface area contributed by atoms with Crippen molar-refractivity contribution in [3.63, 3.8) is 0 Å². The topological polar surface area (TPSA) is 54.9 Å². The molecule has 4 nitrogen and oxygen atoms in total. The number of hydrogen-bond donors (Lipinski definition) is 1. The fourth-order valence-corrected chi connectivity index (χ4v) is 3.72. The fourth-order valence-electron chi connectivity index (χ4n) is 3.01. The summed E-state index contributed by atoms with van der Waals surface area (Å²) in [6, 6.07) is 7.75. The summed E-state index contributed by atoms with van der Waals surface area (Å²) in [7, 11) is 0. The Bertz CT molecular complexity index is 893. The first-order valence-corrected chi connectivity index (χ1v) is 9.59. The Morgan fingerprint density at radius 3 is 2.42 bits per heavy atom. The number of amides is 1. The lowest BCUT2D eigenvalue weighted by Crippen LogP contribution is -2.11. The van der Waals surface area contributed by atoms with Crippen LogP contribution in [0.25, 0.3) is 11.3 Å². The second-order valence-corrected chi connectivity index (χ2v) is 7.77. The maximum atomic E-state index is 12.2. The number of benzene rings is 1. The Labute approximate surface area is 158 Å². The Morgan fingerprint density at radius 2 is 1.81 bits per heavy atom. The zero-order valence-electron chi connectivity index (χ0n) is 15.5. The minimum atomic E-state index is -0.173. The van der Waals surface area contributed by atoms with E-state index in [0.29, 0.717) is 16.6 Å². The van der Waals surface area contributed by atoms with Crippen LogP contribution in [0.1, 0.15) is 40.9 Å². The molecule has 0 unspecified atom stereocenters. The van der Waals surface area contributed by atoms with Gasteiger partial charge in [-0.15, -0.1) is 11.3 Å². The van der Waals surface area contributed by atoms with Crippen LogP contribution in [0.15, 0.2) is 42.0 Å². The van der Waals surface area contributed by atoms with E-state index in [9.17, 15) is 4.79 Å². The van der Waals surface area contributed by atoms with Crippen LogP contribution in [0.5, 0.6) is 0 Å². The van der Waals surface area contributed by atoms with Crippen molar-refractivity contribution in [1.29, 1.82) is 0 Å². The van der Waals surface area contributed by atoms with Gasteiger partial charge in [-0.3, -0.25) is 15.1 Å². The molecule has 0 fully saturated rings. The molecule has 26 heavy (non-hydrogen) atoms. The molecule has 0 spiro atoms. The predicted molar refractivity (Wildman–Crippen MR) is 108 cm³/mol. The number of carbonyl (C=O) groups excluding carboxylic acids is 1. The van der Waals surface area contributed by atoms with Crippen LogP contribution in [-0.4, -0.2) is 15.9 Å². The fraction of sp³-hybridized carbons (Fsp3) is 0.286. The average molecular weight is 366 g/mol. The molecule has 0 aliphatic rings. The molecule has 1 aromatic carbocycles. The first-order chi connectivity index (χ1) is 12.4. The van der Waals surface area contributed by atoms with Crippen LogP contribution < -0.4 is 5.32 Å². The quantitative estimate of drug-likeness (QED) is 0.670. The minimum Gasteiger partial charge on any atom is -0.298 e. The highest BCUT2D eigenvalue weighted by Gasteiger charge is 2.12. The van der Waals surface area contributed by atoms with E-state index in [1.165, 1.54) is 28.0 Å². The van der Waals surface area contributed by atoms with Crippen molar-refractivity contribution in [2.45, 2.75) is 34.1 Å². The lowest BCUT2D eigenvalue weighted by molar-refractivity contribution is 0.102. The van der Waals surface area contributed by atoms with Crippen molar-refractivity contribution < 1.29 is 4.79 Å². The number of aromatic nitrogens is 2. The molecule has 0 bridgehead atoms. The predicted octanol–water partition coefficient (Wildman–Crippen LogP) is 5.27. The summed E-state index contributed by atoms with van der Waals surface area (Å²) in [6.07, 6.45) is 4.29. The molecule has 0 aliphatic carbocycles. The second kappa shape index (κ2) is 7.79. The third kappa shape index (κ3) is 4.17. The van der Waals surface area contributed by atoms with Crippen molar-refractivity contribution >= 4 is 22.4 Å². The van der Waals surface area contributed by atoms with E-state index in [-0.39, 0.29) is 5.91 Å². The number of pyridine rings is 1. The molecule has 0 saturated heterocycles. The summed E-state index contributed by atoms with van der Waals surface area (Å²) in [5.74, 6) is 0.459. The molecule has 0 aliphatic heterocycles. The van der Waals surface area contributed by atoms with Gasteiger partial charge in [0.1, 0.15) is 0 Å². The highest BCUT2D eigenvalue weighted by Crippen LogP contribution is 2.29. The summed E-state index contributed by atoms with van der Waals surface area (Å²) >= 11 is 1.44. The van der Waals surface area contributed by atoms with Gasteiger partial charge in [-0.25, -0.2) is 4.98 Å². The van der Waals surface area contributed by atoms with Gasteiger partial charge in [0.05, 0.1) is 5.69 Å². The third-order valence-electron chi connectivity index (χ3n) is 4.27. The molecule has 1 N–H and O–H groups in total. The van der Waals surface area contributed by atoms with Gasteiger partial charge in [0.25, 0.3) is 5.91 Å². The first-order valence-electron chi connectivity index (χ1n) is 8.71. The van der Waals surface area contributed by atoms with Crippen molar-refractivity contribution in [2.24, 2.45) is 5.92 Å². The van der Waals surface area contributed by atoms with Gasteiger partial charge in [0, 0.05) is 28.9 Å². The Balaban J connectivity index is 1.80. The van der Waals surface area contributed by atoms with Gasteiger partial charge in [0.15, 0.2) is 5.13 Å². The van der Waals surface area contributed by atoms with Crippen LogP contribution in [0.2, 0.25) is 0 Å². The third-order valence-corrected chi connectivity index (χ3v) is 5.03. The lowest BCUT2D eigenvalue weighted by atomic mass is 9.92. The SMILES string of the molecule is Cc1cc(-c2csc(NC(=O)c3ccncc3)n2)cc(C)c1CC(C)C.